The van der Waals surface area contributed by atoms with Crippen LogP contribution in [0, 0.1) is 11.3 Å². The van der Waals surface area contributed by atoms with Crippen molar-refractivity contribution in [1.29, 1.82) is 5.26 Å². The van der Waals surface area contributed by atoms with Crippen molar-refractivity contribution in [2.45, 2.75) is 19.9 Å². The fourth-order valence-electron chi connectivity index (χ4n) is 3.26. The van der Waals surface area contributed by atoms with Crippen LogP contribution in [0.15, 0.2) is 78.9 Å². The Balaban J connectivity index is 1.77. The van der Waals surface area contributed by atoms with Crippen LogP contribution in [0.3, 0.4) is 0 Å². The molecule has 1 aliphatic heterocycles. The van der Waals surface area contributed by atoms with Crippen molar-refractivity contribution in [2.75, 3.05) is 4.67 Å². The van der Waals surface area contributed by atoms with Crippen molar-refractivity contribution in [2.24, 2.45) is 0 Å². The number of nitrogens with zero attached hydrogens (tertiary/aromatic N) is 2. The van der Waals surface area contributed by atoms with E-state index < -0.39 is 7.27 Å². The maximum absolute atomic E-state index is 9.15. The predicted molar refractivity (Wildman–Crippen MR) is 125 cm³/mol. The third-order valence-corrected chi connectivity index (χ3v) is 8.67. The molecule has 1 aliphatic rings. The van der Waals surface area contributed by atoms with Gasteiger partial charge >= 0.3 is 0 Å². The van der Waals surface area contributed by atoms with Crippen LogP contribution in [-0.4, -0.2) is 6.04 Å². The number of hydrogen-bond acceptors (Lipinski definition) is 4. The summed E-state index contributed by atoms with van der Waals surface area (Å²) < 4.78 is 8.61. The average molecular weight is 416 g/mol. The third kappa shape index (κ3) is 4.17. The lowest BCUT2D eigenvalue weighted by Crippen LogP contribution is -2.27. The van der Waals surface area contributed by atoms with Crippen LogP contribution >= 0.6 is 18.9 Å². The molecule has 144 valence electrons. The standard InChI is InChI=1S/C24H21N2OPS/c1-18(2)26-23-11-7-6-8-21(23)16-24(20-14-12-19(17-25)13-15-20)28(26)29-27-22-9-4-3-5-10-22/h3-16,18H,1-2H3. The Kier molecular flexibility index (Phi) is 5.90. The van der Waals surface area contributed by atoms with Gasteiger partial charge in [-0.2, -0.15) is 5.26 Å². The average Bonchev–Trinajstić information content (AvgIpc) is 2.77. The van der Waals surface area contributed by atoms with Crippen molar-refractivity contribution in [3.63, 3.8) is 0 Å². The first-order valence-electron chi connectivity index (χ1n) is 9.47. The lowest BCUT2D eigenvalue weighted by Gasteiger charge is -2.40. The summed E-state index contributed by atoms with van der Waals surface area (Å²) in [7, 11) is -0.833. The van der Waals surface area contributed by atoms with Crippen molar-refractivity contribution < 1.29 is 4.18 Å². The van der Waals surface area contributed by atoms with Crippen LogP contribution in [-0.2, 0) is 0 Å². The molecule has 1 unspecified atom stereocenters. The van der Waals surface area contributed by atoms with E-state index in [9.17, 15) is 0 Å². The Labute approximate surface area is 177 Å². The van der Waals surface area contributed by atoms with E-state index in [1.54, 1.807) is 0 Å². The fourth-order valence-corrected chi connectivity index (χ4v) is 7.56. The first-order chi connectivity index (χ1) is 14.2. The van der Waals surface area contributed by atoms with E-state index in [1.165, 1.54) is 28.2 Å². The Morgan fingerprint density at radius 1 is 0.931 bits per heavy atom. The molecule has 0 aliphatic carbocycles. The zero-order chi connectivity index (χ0) is 20.2. The maximum Gasteiger partial charge on any atom is 0.137 e. The van der Waals surface area contributed by atoms with Crippen molar-refractivity contribution >= 4 is 36.0 Å². The molecular formula is C24H21N2OPS. The molecule has 0 radical (unpaired) electrons. The molecule has 29 heavy (non-hydrogen) atoms. The Morgan fingerprint density at radius 2 is 1.62 bits per heavy atom. The van der Waals surface area contributed by atoms with E-state index in [4.69, 9.17) is 9.44 Å². The molecule has 4 rings (SSSR count). The Morgan fingerprint density at radius 3 is 2.31 bits per heavy atom. The number of anilines is 1. The van der Waals surface area contributed by atoms with Gasteiger partial charge in [0, 0.05) is 17.0 Å². The maximum atomic E-state index is 9.15. The van der Waals surface area contributed by atoms with Gasteiger partial charge in [-0.25, -0.2) is 0 Å². The molecule has 3 aromatic carbocycles. The highest BCUT2D eigenvalue weighted by Gasteiger charge is 2.33. The van der Waals surface area contributed by atoms with Gasteiger partial charge in [0.05, 0.1) is 11.6 Å². The lowest BCUT2D eigenvalue weighted by atomic mass is 10.1. The number of benzene rings is 3. The second-order valence-corrected chi connectivity index (χ2v) is 10.2. The van der Waals surface area contributed by atoms with Crippen LogP contribution in [0.4, 0.5) is 5.69 Å². The normalized spacial score (nSPS) is 15.4. The second-order valence-electron chi connectivity index (χ2n) is 6.96. The van der Waals surface area contributed by atoms with Crippen LogP contribution in [0.5, 0.6) is 5.75 Å². The molecule has 3 aromatic rings. The molecule has 1 heterocycles. The number of fused-ring (bicyclic) bond motifs is 1. The minimum absolute atomic E-state index is 0.316. The highest BCUT2D eigenvalue weighted by molar-refractivity contribution is 8.56. The molecule has 0 saturated heterocycles. The molecule has 3 nitrogen and oxygen atoms in total. The van der Waals surface area contributed by atoms with Gasteiger partial charge in [-0.05, 0) is 61.4 Å². The molecule has 0 spiro atoms. The number of para-hydroxylation sites is 2. The van der Waals surface area contributed by atoms with Crippen LogP contribution in [0.2, 0.25) is 0 Å². The van der Waals surface area contributed by atoms with Crippen LogP contribution in [0.25, 0.3) is 11.4 Å². The predicted octanol–water partition coefficient (Wildman–Crippen LogP) is 7.32. The highest BCUT2D eigenvalue weighted by atomic mass is 32.7. The fraction of sp³-hybridized carbons (Fsp3) is 0.125. The van der Waals surface area contributed by atoms with Crippen LogP contribution in [0.1, 0.15) is 30.5 Å². The quantitative estimate of drug-likeness (QED) is 0.322. The molecule has 5 heteroatoms. The van der Waals surface area contributed by atoms with Gasteiger partial charge in [0.15, 0.2) is 0 Å². The lowest BCUT2D eigenvalue weighted by molar-refractivity contribution is 0.655. The van der Waals surface area contributed by atoms with Crippen LogP contribution < -0.4 is 8.85 Å². The van der Waals surface area contributed by atoms with Gasteiger partial charge in [0.25, 0.3) is 0 Å². The molecule has 0 aromatic heterocycles. The molecule has 0 amide bonds. The van der Waals surface area contributed by atoms with E-state index in [0.717, 1.165) is 11.3 Å². The summed E-state index contributed by atoms with van der Waals surface area (Å²) in [6, 6.07) is 28.8. The molecule has 0 bridgehead atoms. The van der Waals surface area contributed by atoms with E-state index >= 15 is 0 Å². The highest BCUT2D eigenvalue weighted by Crippen LogP contribution is 2.68. The van der Waals surface area contributed by atoms with Crippen molar-refractivity contribution in [3.8, 4) is 11.8 Å². The molecule has 0 saturated carbocycles. The van der Waals surface area contributed by atoms with Gasteiger partial charge in [-0.15, -0.1) is 0 Å². The summed E-state index contributed by atoms with van der Waals surface area (Å²) in [5.74, 6) is 0.849. The monoisotopic (exact) mass is 416 g/mol. The van der Waals surface area contributed by atoms with E-state index in [0.29, 0.717) is 11.6 Å². The van der Waals surface area contributed by atoms with Crippen molar-refractivity contribution in [3.05, 3.63) is 95.6 Å². The Bertz CT molecular complexity index is 1060. The van der Waals surface area contributed by atoms with Crippen molar-refractivity contribution in [1.82, 2.24) is 0 Å². The molecule has 1 atom stereocenters. The third-order valence-electron chi connectivity index (χ3n) is 4.62. The second kappa shape index (κ2) is 8.74. The summed E-state index contributed by atoms with van der Waals surface area (Å²) in [6.45, 7) is 4.44. The van der Waals surface area contributed by atoms with Gasteiger partial charge in [0.2, 0.25) is 0 Å². The minimum Gasteiger partial charge on any atom is -0.419 e. The topological polar surface area (TPSA) is 36.3 Å². The Hall–Kier alpha value is -2.73. The van der Waals surface area contributed by atoms with E-state index in [-0.39, 0.29) is 0 Å². The molecule has 0 N–H and O–H groups in total. The molecule has 0 fully saturated rings. The smallest absolute Gasteiger partial charge is 0.137 e. The number of nitriles is 1. The van der Waals surface area contributed by atoms with E-state index in [2.05, 4.69) is 54.9 Å². The number of rotatable bonds is 5. The van der Waals surface area contributed by atoms with E-state index in [1.807, 2.05) is 54.6 Å². The minimum atomic E-state index is -0.833. The first-order valence-corrected chi connectivity index (χ1v) is 12.1. The largest absolute Gasteiger partial charge is 0.419 e. The first kappa shape index (κ1) is 19.6. The van der Waals surface area contributed by atoms with Gasteiger partial charge in [-0.3, -0.25) is 0 Å². The SMILES string of the molecule is CC(C)N1c2ccccc2C=C(c2ccc(C#N)cc2)P1SOc1ccccc1. The summed E-state index contributed by atoms with van der Waals surface area (Å²) in [5, 5.41) is 10.4. The summed E-state index contributed by atoms with van der Waals surface area (Å²) >= 11 is 1.52. The zero-order valence-electron chi connectivity index (χ0n) is 16.3. The molecular weight excluding hydrogens is 395 g/mol. The number of hydrogen-bond donors (Lipinski definition) is 0. The van der Waals surface area contributed by atoms with Gasteiger partial charge in [-0.1, -0.05) is 48.5 Å². The zero-order valence-corrected chi connectivity index (χ0v) is 18.0. The summed E-state index contributed by atoms with van der Waals surface area (Å²) in [6.07, 6.45) is 2.27. The van der Waals surface area contributed by atoms with Gasteiger partial charge < -0.3 is 8.85 Å². The summed E-state index contributed by atoms with van der Waals surface area (Å²) in [5.41, 5.74) is 4.23. The summed E-state index contributed by atoms with van der Waals surface area (Å²) in [4.78, 5) is 0. The van der Waals surface area contributed by atoms with Gasteiger partial charge in [0.1, 0.15) is 24.7 Å².